The summed E-state index contributed by atoms with van der Waals surface area (Å²) in [5.74, 6) is 0.596. The number of guanidine groups is 1. The fraction of sp³-hybridized carbons (Fsp3) is 0.318. The smallest absolute Gasteiger partial charge is 0.253 e. The highest BCUT2D eigenvalue weighted by atomic mass is 127. The van der Waals surface area contributed by atoms with Crippen molar-refractivity contribution in [1.82, 2.24) is 20.9 Å². The Labute approximate surface area is 195 Å². The first-order valence-corrected chi connectivity index (χ1v) is 9.50. The van der Waals surface area contributed by atoms with E-state index < -0.39 is 0 Å². The number of rotatable bonds is 7. The average Bonchev–Trinajstić information content (AvgIpc) is 2.75. The van der Waals surface area contributed by atoms with E-state index in [0.29, 0.717) is 30.2 Å². The number of nitrogens with zero attached hydrogens (tertiary/aromatic N) is 2. The zero-order chi connectivity index (χ0) is 21.2. The predicted molar refractivity (Wildman–Crippen MR) is 132 cm³/mol. The molecule has 30 heavy (non-hydrogen) atoms. The van der Waals surface area contributed by atoms with E-state index in [1.54, 1.807) is 39.2 Å². The Bertz CT molecular complexity index is 866. The van der Waals surface area contributed by atoms with E-state index in [2.05, 4.69) is 20.9 Å². The van der Waals surface area contributed by atoms with Crippen molar-refractivity contribution in [2.45, 2.75) is 13.0 Å². The molecule has 0 heterocycles. The number of hydrogen-bond donors (Lipinski definition) is 3. The first-order valence-electron chi connectivity index (χ1n) is 9.50. The minimum atomic E-state index is -0.0874. The summed E-state index contributed by atoms with van der Waals surface area (Å²) in [7, 11) is 6.82. The first kappa shape index (κ1) is 25.4. The number of halogens is 1. The molecule has 0 aromatic heterocycles. The molecule has 0 aliphatic rings. The Balaban J connectivity index is 0.00000450. The van der Waals surface area contributed by atoms with Gasteiger partial charge in [0.2, 0.25) is 0 Å². The second-order valence-electron chi connectivity index (χ2n) is 6.78. The van der Waals surface area contributed by atoms with Crippen molar-refractivity contribution in [2.75, 3.05) is 34.7 Å². The third-order valence-corrected chi connectivity index (χ3v) is 4.41. The van der Waals surface area contributed by atoms with Crippen LogP contribution in [0.2, 0.25) is 0 Å². The maximum atomic E-state index is 11.9. The van der Waals surface area contributed by atoms with E-state index in [1.807, 2.05) is 42.5 Å². The van der Waals surface area contributed by atoms with E-state index in [1.165, 1.54) is 0 Å². The summed E-state index contributed by atoms with van der Waals surface area (Å²) in [5.41, 5.74) is 3.46. The average molecular weight is 523 g/mol. The molecular formula is C22H30IN5O2. The molecule has 0 unspecified atom stereocenters. The molecule has 2 amide bonds. The van der Waals surface area contributed by atoms with Crippen molar-refractivity contribution in [2.24, 2.45) is 4.99 Å². The van der Waals surface area contributed by atoms with Crippen molar-refractivity contribution < 1.29 is 9.59 Å². The van der Waals surface area contributed by atoms with Crippen LogP contribution in [0.3, 0.4) is 0 Å². The maximum Gasteiger partial charge on any atom is 0.253 e. The molecular weight excluding hydrogens is 493 g/mol. The number of amides is 2. The molecule has 0 spiro atoms. The SMILES string of the molecule is CN=C(NCCc1cccc(C(=O)NC)c1)NCc1ccc(C(=O)N(C)C)cc1.I. The van der Waals surface area contributed by atoms with Gasteiger partial charge in [0, 0.05) is 52.4 Å². The van der Waals surface area contributed by atoms with Gasteiger partial charge in [0.15, 0.2) is 5.96 Å². The minimum absolute atomic E-state index is 0. The van der Waals surface area contributed by atoms with Crippen LogP contribution >= 0.6 is 24.0 Å². The highest BCUT2D eigenvalue weighted by Crippen LogP contribution is 2.07. The van der Waals surface area contributed by atoms with Crippen LogP contribution in [0.15, 0.2) is 53.5 Å². The molecule has 0 aliphatic heterocycles. The highest BCUT2D eigenvalue weighted by molar-refractivity contribution is 14.0. The number of nitrogens with one attached hydrogen (secondary N) is 3. The summed E-state index contributed by atoms with van der Waals surface area (Å²) in [4.78, 5) is 29.5. The molecule has 0 aliphatic carbocycles. The van der Waals surface area contributed by atoms with Gasteiger partial charge in [-0.25, -0.2) is 0 Å². The standard InChI is InChI=1S/C22H29N5O2.HI/c1-23-20(28)19-7-5-6-16(14-19)12-13-25-22(24-2)26-15-17-8-10-18(11-9-17)21(29)27(3)4;/h5-11,14H,12-13,15H2,1-4H3,(H,23,28)(H2,24,25,26);1H. The third kappa shape index (κ3) is 7.66. The van der Waals surface area contributed by atoms with Crippen molar-refractivity contribution in [3.8, 4) is 0 Å². The summed E-state index contributed by atoms with van der Waals surface area (Å²) in [6.45, 7) is 1.29. The summed E-state index contributed by atoms with van der Waals surface area (Å²) in [5, 5.41) is 9.17. The molecule has 2 aromatic rings. The van der Waals surface area contributed by atoms with E-state index in [4.69, 9.17) is 0 Å². The Hall–Kier alpha value is -2.62. The van der Waals surface area contributed by atoms with Crippen LogP contribution in [0.4, 0.5) is 0 Å². The molecule has 0 atom stereocenters. The number of aliphatic imine (C=N–C) groups is 1. The molecule has 0 saturated carbocycles. The van der Waals surface area contributed by atoms with Gasteiger partial charge in [0.05, 0.1) is 0 Å². The Morgan fingerprint density at radius 1 is 0.967 bits per heavy atom. The summed E-state index contributed by atoms with van der Waals surface area (Å²) in [6.07, 6.45) is 0.771. The van der Waals surface area contributed by atoms with Crippen LogP contribution in [0.25, 0.3) is 0 Å². The maximum absolute atomic E-state index is 11.9. The molecule has 0 bridgehead atoms. The van der Waals surface area contributed by atoms with Gasteiger partial charge in [-0.2, -0.15) is 0 Å². The van der Waals surface area contributed by atoms with Gasteiger partial charge >= 0.3 is 0 Å². The third-order valence-electron chi connectivity index (χ3n) is 4.41. The Morgan fingerprint density at radius 3 is 2.27 bits per heavy atom. The first-order chi connectivity index (χ1) is 13.9. The van der Waals surface area contributed by atoms with Crippen molar-refractivity contribution >= 4 is 41.8 Å². The lowest BCUT2D eigenvalue weighted by Gasteiger charge is -2.13. The molecule has 2 aromatic carbocycles. The van der Waals surface area contributed by atoms with E-state index in [-0.39, 0.29) is 35.8 Å². The van der Waals surface area contributed by atoms with Crippen LogP contribution in [-0.2, 0) is 13.0 Å². The van der Waals surface area contributed by atoms with Gasteiger partial charge in [0.25, 0.3) is 11.8 Å². The summed E-state index contributed by atoms with van der Waals surface area (Å²) < 4.78 is 0. The van der Waals surface area contributed by atoms with Gasteiger partial charge in [-0.3, -0.25) is 14.6 Å². The van der Waals surface area contributed by atoms with Crippen LogP contribution < -0.4 is 16.0 Å². The predicted octanol–water partition coefficient (Wildman–Crippen LogP) is 2.27. The lowest BCUT2D eigenvalue weighted by atomic mass is 10.1. The molecule has 2 rings (SSSR count). The molecule has 8 heteroatoms. The molecule has 3 N–H and O–H groups in total. The molecule has 0 fully saturated rings. The molecule has 162 valence electrons. The summed E-state index contributed by atoms with van der Waals surface area (Å²) in [6, 6.07) is 15.1. The van der Waals surface area contributed by atoms with E-state index in [9.17, 15) is 9.59 Å². The monoisotopic (exact) mass is 523 g/mol. The van der Waals surface area contributed by atoms with Gasteiger partial charge in [0.1, 0.15) is 0 Å². The van der Waals surface area contributed by atoms with Gasteiger partial charge in [-0.1, -0.05) is 24.3 Å². The lowest BCUT2D eigenvalue weighted by Crippen LogP contribution is -2.37. The van der Waals surface area contributed by atoms with Crippen LogP contribution in [0.5, 0.6) is 0 Å². The van der Waals surface area contributed by atoms with Gasteiger partial charge in [-0.15, -0.1) is 24.0 Å². The number of hydrogen-bond acceptors (Lipinski definition) is 3. The Kier molecular flexibility index (Phi) is 10.9. The number of carbonyl (C=O) groups excluding carboxylic acids is 2. The largest absolute Gasteiger partial charge is 0.356 e. The van der Waals surface area contributed by atoms with Crippen LogP contribution in [0.1, 0.15) is 31.8 Å². The van der Waals surface area contributed by atoms with E-state index in [0.717, 1.165) is 17.5 Å². The molecule has 7 nitrogen and oxygen atoms in total. The molecule has 0 saturated heterocycles. The minimum Gasteiger partial charge on any atom is -0.356 e. The van der Waals surface area contributed by atoms with Crippen molar-refractivity contribution in [1.29, 1.82) is 0 Å². The zero-order valence-corrected chi connectivity index (χ0v) is 20.2. The zero-order valence-electron chi connectivity index (χ0n) is 17.9. The molecule has 0 radical (unpaired) electrons. The summed E-state index contributed by atoms with van der Waals surface area (Å²) >= 11 is 0. The van der Waals surface area contributed by atoms with Crippen LogP contribution in [-0.4, -0.2) is 57.4 Å². The van der Waals surface area contributed by atoms with Crippen molar-refractivity contribution in [3.05, 3.63) is 70.8 Å². The quantitative estimate of drug-likeness (QED) is 0.296. The second kappa shape index (κ2) is 12.8. The number of benzene rings is 2. The van der Waals surface area contributed by atoms with Crippen molar-refractivity contribution in [3.63, 3.8) is 0 Å². The topological polar surface area (TPSA) is 85.8 Å². The lowest BCUT2D eigenvalue weighted by molar-refractivity contribution is 0.0827. The fourth-order valence-corrected chi connectivity index (χ4v) is 2.77. The van der Waals surface area contributed by atoms with Crippen LogP contribution in [0, 0.1) is 0 Å². The van der Waals surface area contributed by atoms with Gasteiger partial charge < -0.3 is 20.9 Å². The Morgan fingerprint density at radius 2 is 1.67 bits per heavy atom. The second-order valence-corrected chi connectivity index (χ2v) is 6.78. The van der Waals surface area contributed by atoms with E-state index >= 15 is 0 Å². The normalized spacial score (nSPS) is 10.6. The highest BCUT2D eigenvalue weighted by Gasteiger charge is 2.07. The van der Waals surface area contributed by atoms with Gasteiger partial charge in [-0.05, 0) is 41.8 Å². The number of carbonyl (C=O) groups is 2. The fourth-order valence-electron chi connectivity index (χ4n) is 2.77.